The van der Waals surface area contributed by atoms with Crippen molar-refractivity contribution < 1.29 is 4.79 Å². The molecule has 0 amide bonds. The minimum atomic E-state index is -0.350. The van der Waals surface area contributed by atoms with Gasteiger partial charge in [0.15, 0.2) is 5.78 Å². The molecule has 0 rings (SSSR count). The summed E-state index contributed by atoms with van der Waals surface area (Å²) < 4.78 is 0. The van der Waals surface area contributed by atoms with Gasteiger partial charge in [-0.3, -0.25) is 4.79 Å². The summed E-state index contributed by atoms with van der Waals surface area (Å²) in [6.07, 6.45) is 2.68. The van der Waals surface area contributed by atoms with Crippen molar-refractivity contribution in [1.82, 2.24) is 0 Å². The molecule has 1 unspecified atom stereocenters. The number of hydrogen-bond donors (Lipinski definition) is 2. The second kappa shape index (κ2) is 5.62. The summed E-state index contributed by atoms with van der Waals surface area (Å²) in [5, 5.41) is 14.6. The number of carbonyl (C=O) groups excluding carboxylic acids is 1. The highest BCUT2D eigenvalue weighted by Crippen LogP contribution is 2.11. The fourth-order valence-electron chi connectivity index (χ4n) is 1.21. The van der Waals surface area contributed by atoms with E-state index in [9.17, 15) is 4.79 Å². The molecular formula is C10H18N2O. The number of carbonyl (C=O) groups is 1. The van der Waals surface area contributed by atoms with Crippen LogP contribution < -0.4 is 0 Å². The van der Waals surface area contributed by atoms with Crippen LogP contribution in [0.15, 0.2) is 0 Å². The number of Topliss-reactive ketones (excluding diaryl/α,β-unsaturated/α-hetero) is 1. The van der Waals surface area contributed by atoms with Crippen LogP contribution in [0.4, 0.5) is 0 Å². The van der Waals surface area contributed by atoms with Gasteiger partial charge in [-0.2, -0.15) is 0 Å². The molecule has 0 aliphatic heterocycles. The van der Waals surface area contributed by atoms with E-state index in [1.165, 1.54) is 6.92 Å². The van der Waals surface area contributed by atoms with Gasteiger partial charge in [0.1, 0.15) is 0 Å². The van der Waals surface area contributed by atoms with Gasteiger partial charge < -0.3 is 10.8 Å². The van der Waals surface area contributed by atoms with Crippen LogP contribution in [0.5, 0.6) is 0 Å². The lowest BCUT2D eigenvalue weighted by molar-refractivity contribution is -0.115. The Bertz CT molecular complexity index is 221. The SMILES string of the molecule is CCCCC(C(C)=N)C(=O)C(C)=N. The summed E-state index contributed by atoms with van der Waals surface area (Å²) >= 11 is 0. The lowest BCUT2D eigenvalue weighted by Gasteiger charge is -2.12. The number of unbranched alkanes of at least 4 members (excludes halogenated alkanes) is 1. The van der Waals surface area contributed by atoms with Crippen LogP contribution in [-0.2, 0) is 4.79 Å². The average Bonchev–Trinajstić information content (AvgIpc) is 2.04. The van der Waals surface area contributed by atoms with Gasteiger partial charge in [0.2, 0.25) is 0 Å². The quantitative estimate of drug-likeness (QED) is 0.609. The molecule has 2 N–H and O–H groups in total. The molecular weight excluding hydrogens is 164 g/mol. The van der Waals surface area contributed by atoms with Crippen molar-refractivity contribution in [3.8, 4) is 0 Å². The van der Waals surface area contributed by atoms with E-state index in [0.29, 0.717) is 12.1 Å². The Balaban J connectivity index is 4.33. The number of ketones is 1. The lowest BCUT2D eigenvalue weighted by atomic mass is 9.91. The summed E-state index contributed by atoms with van der Waals surface area (Å²) in [4.78, 5) is 11.4. The number of rotatable bonds is 6. The van der Waals surface area contributed by atoms with Crippen molar-refractivity contribution in [3.05, 3.63) is 0 Å². The summed E-state index contributed by atoms with van der Waals surface area (Å²) in [5.74, 6) is -0.543. The zero-order chi connectivity index (χ0) is 10.4. The Hall–Kier alpha value is -0.990. The van der Waals surface area contributed by atoms with Crippen LogP contribution in [0.3, 0.4) is 0 Å². The third-order valence-electron chi connectivity index (χ3n) is 2.06. The predicted molar refractivity (Wildman–Crippen MR) is 54.8 cm³/mol. The van der Waals surface area contributed by atoms with E-state index in [0.717, 1.165) is 12.8 Å². The van der Waals surface area contributed by atoms with Gasteiger partial charge in [-0.1, -0.05) is 19.8 Å². The molecule has 0 aliphatic carbocycles. The van der Waals surface area contributed by atoms with Crippen molar-refractivity contribution in [2.45, 2.75) is 40.0 Å². The first-order chi connectivity index (χ1) is 6.00. The van der Waals surface area contributed by atoms with Crippen LogP contribution in [0, 0.1) is 16.7 Å². The molecule has 0 aromatic rings. The van der Waals surface area contributed by atoms with Gasteiger partial charge in [-0.25, -0.2) is 0 Å². The zero-order valence-corrected chi connectivity index (χ0v) is 8.61. The van der Waals surface area contributed by atoms with E-state index in [1.54, 1.807) is 6.92 Å². The Morgan fingerprint density at radius 3 is 2.15 bits per heavy atom. The van der Waals surface area contributed by atoms with Crippen LogP contribution in [-0.4, -0.2) is 17.2 Å². The van der Waals surface area contributed by atoms with Crippen molar-refractivity contribution in [2.24, 2.45) is 5.92 Å². The van der Waals surface area contributed by atoms with Crippen LogP contribution >= 0.6 is 0 Å². The fourth-order valence-corrected chi connectivity index (χ4v) is 1.21. The van der Waals surface area contributed by atoms with Gasteiger partial charge in [-0.15, -0.1) is 0 Å². The summed E-state index contributed by atoms with van der Waals surface area (Å²) in [5.41, 5.74) is 0.442. The van der Waals surface area contributed by atoms with E-state index >= 15 is 0 Å². The smallest absolute Gasteiger partial charge is 0.184 e. The summed E-state index contributed by atoms with van der Waals surface area (Å²) in [6.45, 7) is 5.18. The molecule has 0 bridgehead atoms. The van der Waals surface area contributed by atoms with E-state index in [4.69, 9.17) is 10.8 Å². The van der Waals surface area contributed by atoms with Crippen LogP contribution in [0.1, 0.15) is 40.0 Å². The highest BCUT2D eigenvalue weighted by Gasteiger charge is 2.20. The Labute approximate surface area is 79.6 Å². The molecule has 13 heavy (non-hydrogen) atoms. The molecule has 0 saturated heterocycles. The standard InChI is InChI=1S/C10H18N2O/c1-4-5-6-9(7(2)11)10(13)8(3)12/h9,11-12H,4-6H2,1-3H3. The Morgan fingerprint density at radius 1 is 1.31 bits per heavy atom. The van der Waals surface area contributed by atoms with Crippen LogP contribution in [0.2, 0.25) is 0 Å². The zero-order valence-electron chi connectivity index (χ0n) is 8.61. The maximum absolute atomic E-state index is 11.4. The van der Waals surface area contributed by atoms with Crippen molar-refractivity contribution in [1.29, 1.82) is 10.8 Å². The molecule has 0 aromatic heterocycles. The van der Waals surface area contributed by atoms with Gasteiger partial charge in [-0.05, 0) is 20.3 Å². The largest absolute Gasteiger partial charge is 0.309 e. The second-order valence-electron chi connectivity index (χ2n) is 3.37. The van der Waals surface area contributed by atoms with E-state index < -0.39 is 0 Å². The average molecular weight is 182 g/mol. The first-order valence-electron chi connectivity index (χ1n) is 4.65. The van der Waals surface area contributed by atoms with Crippen molar-refractivity contribution in [3.63, 3.8) is 0 Å². The van der Waals surface area contributed by atoms with Gasteiger partial charge in [0, 0.05) is 5.71 Å². The van der Waals surface area contributed by atoms with Gasteiger partial charge in [0.25, 0.3) is 0 Å². The number of nitrogens with one attached hydrogen (secondary N) is 2. The molecule has 0 aromatic carbocycles. The minimum Gasteiger partial charge on any atom is -0.309 e. The van der Waals surface area contributed by atoms with Crippen LogP contribution in [0.25, 0.3) is 0 Å². The van der Waals surface area contributed by atoms with E-state index in [-0.39, 0.29) is 17.4 Å². The predicted octanol–water partition coefficient (Wildman–Crippen LogP) is 2.44. The first kappa shape index (κ1) is 12.0. The molecule has 0 radical (unpaired) electrons. The normalized spacial score (nSPS) is 12.2. The fraction of sp³-hybridized carbons (Fsp3) is 0.700. The van der Waals surface area contributed by atoms with Gasteiger partial charge in [0.05, 0.1) is 11.6 Å². The van der Waals surface area contributed by atoms with Crippen molar-refractivity contribution >= 4 is 17.2 Å². The molecule has 0 aliphatic rings. The Kier molecular flexibility index (Phi) is 5.19. The molecule has 1 atom stereocenters. The number of hydrogen-bond acceptors (Lipinski definition) is 3. The maximum atomic E-state index is 11.4. The molecule has 0 fully saturated rings. The third-order valence-corrected chi connectivity index (χ3v) is 2.06. The minimum absolute atomic E-state index is 0.0627. The van der Waals surface area contributed by atoms with Gasteiger partial charge >= 0.3 is 0 Å². The molecule has 0 saturated carbocycles. The second-order valence-corrected chi connectivity index (χ2v) is 3.37. The topological polar surface area (TPSA) is 64.8 Å². The third kappa shape index (κ3) is 3.97. The highest BCUT2D eigenvalue weighted by atomic mass is 16.1. The summed E-state index contributed by atoms with van der Waals surface area (Å²) in [6, 6.07) is 0. The summed E-state index contributed by atoms with van der Waals surface area (Å²) in [7, 11) is 0. The molecule has 0 heterocycles. The molecule has 74 valence electrons. The first-order valence-corrected chi connectivity index (χ1v) is 4.65. The highest BCUT2D eigenvalue weighted by molar-refractivity contribution is 6.41. The monoisotopic (exact) mass is 182 g/mol. The Morgan fingerprint density at radius 2 is 1.85 bits per heavy atom. The lowest BCUT2D eigenvalue weighted by Crippen LogP contribution is -2.26. The molecule has 0 spiro atoms. The van der Waals surface area contributed by atoms with Crippen molar-refractivity contribution in [2.75, 3.05) is 0 Å². The van der Waals surface area contributed by atoms with E-state index in [1.807, 2.05) is 0 Å². The van der Waals surface area contributed by atoms with E-state index in [2.05, 4.69) is 6.92 Å². The molecule has 3 heteroatoms. The maximum Gasteiger partial charge on any atom is 0.184 e. The molecule has 3 nitrogen and oxygen atoms in total.